The van der Waals surface area contributed by atoms with Crippen LogP contribution in [0.2, 0.25) is 0 Å². The van der Waals surface area contributed by atoms with Crippen LogP contribution < -0.4 is 4.72 Å². The van der Waals surface area contributed by atoms with E-state index in [0.717, 1.165) is 22.5 Å². The van der Waals surface area contributed by atoms with Crippen LogP contribution in [-0.4, -0.2) is 30.1 Å². The quantitative estimate of drug-likeness (QED) is 0.921. The van der Waals surface area contributed by atoms with Gasteiger partial charge >= 0.3 is 0 Å². The maximum absolute atomic E-state index is 11.8. The summed E-state index contributed by atoms with van der Waals surface area (Å²) in [6, 6.07) is 1.62. The molecule has 19 heavy (non-hydrogen) atoms. The molecular weight excluding hydrogens is 286 g/mol. The second-order valence-electron chi connectivity index (χ2n) is 4.18. The van der Waals surface area contributed by atoms with Gasteiger partial charge in [0.1, 0.15) is 5.69 Å². The molecule has 0 radical (unpaired) electrons. The van der Waals surface area contributed by atoms with E-state index in [0.29, 0.717) is 0 Å². The zero-order chi connectivity index (χ0) is 14.2. The summed E-state index contributed by atoms with van der Waals surface area (Å²) in [5.74, 6) is -0.650. The number of carbonyl (C=O) groups excluding carboxylic acids is 1. The van der Waals surface area contributed by atoms with Gasteiger partial charge in [-0.25, -0.2) is 18.1 Å². The fourth-order valence-corrected chi connectivity index (χ4v) is 2.71. The largest absolute Gasteiger partial charge is 0.346 e. The third-order valence-electron chi connectivity index (χ3n) is 2.43. The predicted molar refractivity (Wildman–Crippen MR) is 73.6 cm³/mol. The number of hydrogen-bond acceptors (Lipinski definition) is 5. The lowest BCUT2D eigenvalue weighted by Gasteiger charge is -2.02. The number of amides is 1. The highest BCUT2D eigenvalue weighted by Gasteiger charge is 2.16. The third kappa shape index (κ3) is 3.21. The number of nitrogens with one attached hydrogen (secondary N) is 1. The number of aryl methyl sites for hydroxylation is 2. The van der Waals surface area contributed by atoms with Gasteiger partial charge in [-0.15, -0.1) is 11.3 Å². The lowest BCUT2D eigenvalue weighted by Crippen LogP contribution is -2.30. The Morgan fingerprint density at radius 1 is 1.47 bits per heavy atom. The van der Waals surface area contributed by atoms with Crippen molar-refractivity contribution in [2.75, 3.05) is 6.26 Å². The molecule has 0 unspecified atom stereocenters. The number of carbonyl (C=O) groups is 1. The van der Waals surface area contributed by atoms with Crippen LogP contribution in [0.3, 0.4) is 0 Å². The van der Waals surface area contributed by atoms with Gasteiger partial charge in [0.05, 0.1) is 17.0 Å². The van der Waals surface area contributed by atoms with Gasteiger partial charge in [-0.2, -0.15) is 0 Å². The van der Waals surface area contributed by atoms with Crippen molar-refractivity contribution in [1.82, 2.24) is 14.3 Å². The van der Waals surface area contributed by atoms with E-state index in [2.05, 4.69) is 4.98 Å². The molecule has 1 amide bonds. The van der Waals surface area contributed by atoms with E-state index < -0.39 is 15.9 Å². The Balaban J connectivity index is 2.34. The Morgan fingerprint density at radius 2 is 2.16 bits per heavy atom. The Bertz CT molecular complexity index is 728. The topological polar surface area (TPSA) is 81.1 Å². The summed E-state index contributed by atoms with van der Waals surface area (Å²) in [5, 5.41) is 2.82. The normalized spacial score (nSPS) is 11.5. The van der Waals surface area contributed by atoms with Crippen LogP contribution in [0.5, 0.6) is 0 Å². The van der Waals surface area contributed by atoms with Crippen molar-refractivity contribution >= 4 is 27.3 Å². The van der Waals surface area contributed by atoms with Crippen LogP contribution in [0.15, 0.2) is 17.6 Å². The summed E-state index contributed by atoms with van der Waals surface area (Å²) < 4.78 is 25.6. The molecule has 102 valence electrons. The lowest BCUT2D eigenvalue weighted by molar-refractivity contribution is 0.0974. The minimum absolute atomic E-state index is 0.270. The molecule has 0 atom stereocenters. The van der Waals surface area contributed by atoms with Gasteiger partial charge in [0.25, 0.3) is 5.91 Å². The number of rotatable bonds is 3. The number of hydrogen-bond donors (Lipinski definition) is 1. The number of thiazole rings is 1. The molecular formula is C11H13N3O3S2. The maximum atomic E-state index is 11.8. The monoisotopic (exact) mass is 299 g/mol. The van der Waals surface area contributed by atoms with Crippen molar-refractivity contribution in [2.45, 2.75) is 6.92 Å². The molecule has 2 aromatic heterocycles. The first-order valence-electron chi connectivity index (χ1n) is 5.37. The minimum atomic E-state index is -3.57. The first kappa shape index (κ1) is 13.8. The van der Waals surface area contributed by atoms with Crippen molar-refractivity contribution in [1.29, 1.82) is 0 Å². The Morgan fingerprint density at radius 3 is 2.68 bits per heavy atom. The summed E-state index contributed by atoms with van der Waals surface area (Å²) in [4.78, 5) is 16.1. The Kier molecular flexibility index (Phi) is 3.46. The van der Waals surface area contributed by atoms with Crippen LogP contribution in [-0.2, 0) is 17.1 Å². The molecule has 2 rings (SSSR count). The second-order valence-corrected chi connectivity index (χ2v) is 6.99. The molecule has 2 aromatic rings. The van der Waals surface area contributed by atoms with Gasteiger partial charge < -0.3 is 4.57 Å². The molecule has 0 aliphatic rings. The first-order chi connectivity index (χ1) is 8.76. The summed E-state index contributed by atoms with van der Waals surface area (Å²) in [5.41, 5.74) is 1.83. The van der Waals surface area contributed by atoms with Crippen LogP contribution in [0.1, 0.15) is 15.5 Å². The van der Waals surface area contributed by atoms with E-state index in [4.69, 9.17) is 0 Å². The van der Waals surface area contributed by atoms with E-state index in [-0.39, 0.29) is 5.69 Å². The average molecular weight is 299 g/mol. The van der Waals surface area contributed by atoms with E-state index in [1.807, 2.05) is 17.0 Å². The minimum Gasteiger partial charge on any atom is -0.346 e. The van der Waals surface area contributed by atoms with Crippen molar-refractivity contribution in [3.05, 3.63) is 28.3 Å². The molecule has 2 heterocycles. The molecule has 6 nitrogen and oxygen atoms in total. The summed E-state index contributed by atoms with van der Waals surface area (Å²) in [7, 11) is -1.89. The number of sulfonamides is 1. The molecule has 0 aromatic carbocycles. The molecule has 0 saturated carbocycles. The fraction of sp³-hybridized carbons (Fsp3) is 0.273. The van der Waals surface area contributed by atoms with Gasteiger partial charge in [0.15, 0.2) is 0 Å². The van der Waals surface area contributed by atoms with Crippen LogP contribution >= 0.6 is 11.3 Å². The lowest BCUT2D eigenvalue weighted by atomic mass is 10.2. The van der Waals surface area contributed by atoms with Gasteiger partial charge in [0.2, 0.25) is 10.0 Å². The van der Waals surface area contributed by atoms with Crippen LogP contribution in [0.4, 0.5) is 0 Å². The number of nitrogens with zero attached hydrogens (tertiary/aromatic N) is 2. The molecule has 0 bridgehead atoms. The molecule has 0 fully saturated rings. The van der Waals surface area contributed by atoms with Crippen molar-refractivity contribution < 1.29 is 13.2 Å². The summed E-state index contributed by atoms with van der Waals surface area (Å²) in [6.45, 7) is 1.90. The predicted octanol–water partition coefficient (Wildman–Crippen LogP) is 1.15. The zero-order valence-corrected chi connectivity index (χ0v) is 12.3. The van der Waals surface area contributed by atoms with Crippen molar-refractivity contribution in [3.63, 3.8) is 0 Å². The summed E-state index contributed by atoms with van der Waals surface area (Å²) >= 11 is 1.52. The highest BCUT2D eigenvalue weighted by atomic mass is 32.2. The molecule has 0 saturated heterocycles. The fourth-order valence-electron chi connectivity index (χ4n) is 1.65. The van der Waals surface area contributed by atoms with E-state index in [1.54, 1.807) is 23.9 Å². The van der Waals surface area contributed by atoms with Crippen molar-refractivity contribution in [2.24, 2.45) is 7.05 Å². The molecule has 0 spiro atoms. The van der Waals surface area contributed by atoms with Crippen molar-refractivity contribution in [3.8, 4) is 11.3 Å². The zero-order valence-electron chi connectivity index (χ0n) is 10.7. The molecule has 1 N–H and O–H groups in total. The Labute approximate surface area is 115 Å². The smallest absolute Gasteiger partial charge is 0.281 e. The Hall–Kier alpha value is -1.67. The van der Waals surface area contributed by atoms with E-state index in [1.165, 1.54) is 11.3 Å². The van der Waals surface area contributed by atoms with Crippen LogP contribution in [0, 0.1) is 6.92 Å². The van der Waals surface area contributed by atoms with Gasteiger partial charge in [-0.1, -0.05) is 0 Å². The van der Waals surface area contributed by atoms with Gasteiger partial charge in [-0.3, -0.25) is 4.79 Å². The highest BCUT2D eigenvalue weighted by molar-refractivity contribution is 7.89. The maximum Gasteiger partial charge on any atom is 0.281 e. The molecule has 0 aliphatic carbocycles. The first-order valence-corrected chi connectivity index (χ1v) is 8.14. The SMILES string of the molecule is Cc1nc(-c2cc(C(=O)NS(C)(=O)=O)n(C)c2)cs1. The number of aromatic nitrogens is 2. The van der Waals surface area contributed by atoms with E-state index in [9.17, 15) is 13.2 Å². The second kappa shape index (κ2) is 4.78. The molecule has 0 aliphatic heterocycles. The van der Waals surface area contributed by atoms with E-state index >= 15 is 0 Å². The van der Waals surface area contributed by atoms with Crippen LogP contribution in [0.25, 0.3) is 11.3 Å². The van der Waals surface area contributed by atoms with Gasteiger partial charge in [-0.05, 0) is 13.0 Å². The standard InChI is InChI=1S/C11H13N3O3S2/c1-7-12-9(6-18-7)8-4-10(14(2)5-8)11(15)13-19(3,16)17/h4-6H,1-3H3,(H,13,15). The van der Waals surface area contributed by atoms with Gasteiger partial charge in [0, 0.05) is 24.2 Å². The summed E-state index contributed by atoms with van der Waals surface area (Å²) in [6.07, 6.45) is 2.68. The highest BCUT2D eigenvalue weighted by Crippen LogP contribution is 2.23. The molecule has 8 heteroatoms. The average Bonchev–Trinajstić information content (AvgIpc) is 2.82. The third-order valence-corrected chi connectivity index (χ3v) is 3.76.